The summed E-state index contributed by atoms with van der Waals surface area (Å²) in [6.45, 7) is 0.597. The smallest absolute Gasteiger partial charge is 0.429 e. The molecular weight excluding hydrogens is 280 g/mol. The zero-order chi connectivity index (χ0) is 15.2. The lowest BCUT2D eigenvalue weighted by molar-refractivity contribution is -0.384. The highest BCUT2D eigenvalue weighted by molar-refractivity contribution is 5.85. The average molecular weight is 294 g/mol. The summed E-state index contributed by atoms with van der Waals surface area (Å²) in [6.07, 6.45) is 0.415. The number of hydrogen-bond acceptors (Lipinski definition) is 7. The van der Waals surface area contributed by atoms with E-state index < -0.39 is 23.1 Å². The molecule has 0 radical (unpaired) electrons. The monoisotopic (exact) mass is 294 g/mol. The van der Waals surface area contributed by atoms with Gasteiger partial charge in [0, 0.05) is 12.1 Å². The first-order valence-corrected chi connectivity index (χ1v) is 6.41. The first-order chi connectivity index (χ1) is 10.1. The van der Waals surface area contributed by atoms with Crippen molar-refractivity contribution in [2.24, 2.45) is 0 Å². The molecule has 0 amide bonds. The number of nitrogens with zero attached hydrogens (tertiary/aromatic N) is 1. The van der Waals surface area contributed by atoms with Crippen LogP contribution in [0.4, 0.5) is 10.5 Å². The van der Waals surface area contributed by atoms with Crippen molar-refractivity contribution in [2.45, 2.75) is 25.5 Å². The number of esters is 1. The maximum Gasteiger partial charge on any atom is 0.516 e. The highest BCUT2D eigenvalue weighted by Gasteiger charge is 2.26. The highest BCUT2D eigenvalue weighted by atomic mass is 16.7. The van der Waals surface area contributed by atoms with Crippen molar-refractivity contribution in [1.82, 2.24) is 5.32 Å². The van der Waals surface area contributed by atoms with Crippen LogP contribution in [0.1, 0.15) is 18.4 Å². The van der Waals surface area contributed by atoms with Crippen LogP contribution in [0.3, 0.4) is 0 Å². The van der Waals surface area contributed by atoms with Gasteiger partial charge in [-0.3, -0.25) is 10.1 Å². The summed E-state index contributed by atoms with van der Waals surface area (Å²) in [5, 5.41) is 13.4. The molecule has 8 heteroatoms. The average Bonchev–Trinajstić information content (AvgIpc) is 3.00. The van der Waals surface area contributed by atoms with Crippen molar-refractivity contribution in [3.05, 3.63) is 39.9 Å². The molecule has 1 aromatic rings. The Labute approximate surface area is 120 Å². The molecule has 0 spiro atoms. The number of nitro groups is 1. The largest absolute Gasteiger partial charge is 0.516 e. The van der Waals surface area contributed by atoms with E-state index in [0.717, 1.165) is 13.0 Å². The second-order valence-electron chi connectivity index (χ2n) is 4.53. The van der Waals surface area contributed by atoms with Crippen molar-refractivity contribution in [3.63, 3.8) is 0 Å². The van der Waals surface area contributed by atoms with Gasteiger partial charge in [-0.25, -0.2) is 9.59 Å². The second kappa shape index (κ2) is 6.80. The molecule has 1 N–H and O–H groups in total. The van der Waals surface area contributed by atoms with E-state index in [0.29, 0.717) is 12.0 Å². The Kier molecular flexibility index (Phi) is 4.83. The molecular formula is C13H14N2O6. The number of carbonyl (C=O) groups is 2. The van der Waals surface area contributed by atoms with E-state index in [1.54, 1.807) is 0 Å². The zero-order valence-corrected chi connectivity index (χ0v) is 11.1. The van der Waals surface area contributed by atoms with E-state index in [2.05, 4.69) is 10.1 Å². The van der Waals surface area contributed by atoms with Crippen LogP contribution in [0.25, 0.3) is 0 Å². The minimum absolute atomic E-state index is 0.0520. The van der Waals surface area contributed by atoms with E-state index in [1.807, 2.05) is 0 Å². The van der Waals surface area contributed by atoms with Gasteiger partial charge in [-0.1, -0.05) is 0 Å². The standard InChI is InChI=1S/C13H14N2O6/c16-12(11-2-1-7-14-11)21-13(17)20-8-9-3-5-10(6-4-9)15(18)19/h3-6,11,14H,1-2,7-8H2/t11-/m1/s1. The molecule has 1 aliphatic heterocycles. The summed E-state index contributed by atoms with van der Waals surface area (Å²) in [6, 6.07) is 5.07. The van der Waals surface area contributed by atoms with E-state index in [4.69, 9.17) is 4.74 Å². The van der Waals surface area contributed by atoms with Crippen molar-refractivity contribution in [2.75, 3.05) is 6.54 Å². The van der Waals surface area contributed by atoms with Gasteiger partial charge >= 0.3 is 12.1 Å². The lowest BCUT2D eigenvalue weighted by atomic mass is 10.2. The molecule has 0 bridgehead atoms. The number of nitro benzene ring substituents is 1. The molecule has 1 fully saturated rings. The third-order valence-corrected chi connectivity index (χ3v) is 3.03. The fourth-order valence-electron chi connectivity index (χ4n) is 1.92. The van der Waals surface area contributed by atoms with Gasteiger partial charge in [-0.15, -0.1) is 0 Å². The number of non-ortho nitro benzene ring substituents is 1. The molecule has 21 heavy (non-hydrogen) atoms. The number of ether oxygens (including phenoxy) is 2. The quantitative estimate of drug-likeness (QED) is 0.388. The summed E-state index contributed by atoms with van der Waals surface area (Å²) in [4.78, 5) is 32.8. The molecule has 8 nitrogen and oxygen atoms in total. The Morgan fingerprint density at radius 1 is 1.33 bits per heavy atom. The number of carbonyl (C=O) groups excluding carboxylic acids is 2. The number of hydrogen-bond donors (Lipinski definition) is 1. The summed E-state index contributed by atoms with van der Waals surface area (Å²) >= 11 is 0. The van der Waals surface area contributed by atoms with Gasteiger partial charge in [0.05, 0.1) is 4.92 Å². The molecule has 0 unspecified atom stereocenters. The van der Waals surface area contributed by atoms with Crippen LogP contribution in [-0.4, -0.2) is 29.6 Å². The SMILES string of the molecule is O=C(OCc1ccc([N+](=O)[O-])cc1)OC(=O)[C@H]1CCCN1. The van der Waals surface area contributed by atoms with Gasteiger partial charge in [0.25, 0.3) is 5.69 Å². The number of rotatable bonds is 4. The number of benzene rings is 1. The van der Waals surface area contributed by atoms with Crippen molar-refractivity contribution in [1.29, 1.82) is 0 Å². The molecule has 0 aliphatic carbocycles. The molecule has 1 heterocycles. The first-order valence-electron chi connectivity index (χ1n) is 6.41. The molecule has 1 saturated heterocycles. The van der Waals surface area contributed by atoms with E-state index in [1.165, 1.54) is 24.3 Å². The minimum Gasteiger partial charge on any atom is -0.429 e. The van der Waals surface area contributed by atoms with Gasteiger partial charge < -0.3 is 14.8 Å². The molecule has 1 atom stereocenters. The van der Waals surface area contributed by atoms with Gasteiger partial charge in [0.15, 0.2) is 0 Å². The van der Waals surface area contributed by atoms with E-state index in [-0.39, 0.29) is 12.3 Å². The zero-order valence-electron chi connectivity index (χ0n) is 11.1. The van der Waals surface area contributed by atoms with Crippen LogP contribution in [0.5, 0.6) is 0 Å². The maximum atomic E-state index is 11.5. The molecule has 1 aliphatic rings. The summed E-state index contributed by atoms with van der Waals surface area (Å²) in [5.41, 5.74) is 0.507. The van der Waals surface area contributed by atoms with Crippen molar-refractivity contribution >= 4 is 17.8 Å². The predicted octanol–water partition coefficient (Wildman–Crippen LogP) is 1.53. The van der Waals surface area contributed by atoms with Gasteiger partial charge in [0.2, 0.25) is 0 Å². The number of nitrogens with one attached hydrogen (secondary N) is 1. The van der Waals surface area contributed by atoms with Crippen molar-refractivity contribution in [3.8, 4) is 0 Å². The van der Waals surface area contributed by atoms with Crippen LogP contribution in [0.15, 0.2) is 24.3 Å². The van der Waals surface area contributed by atoms with E-state index in [9.17, 15) is 19.7 Å². The second-order valence-corrected chi connectivity index (χ2v) is 4.53. The normalized spacial score (nSPS) is 17.2. The molecule has 1 aromatic carbocycles. The first kappa shape index (κ1) is 14.9. The Morgan fingerprint density at radius 3 is 2.62 bits per heavy atom. The molecule has 0 saturated carbocycles. The fourth-order valence-corrected chi connectivity index (χ4v) is 1.92. The van der Waals surface area contributed by atoms with Crippen LogP contribution in [-0.2, 0) is 20.9 Å². The maximum absolute atomic E-state index is 11.5. The minimum atomic E-state index is -1.08. The summed E-state index contributed by atoms with van der Waals surface area (Å²) in [7, 11) is 0. The van der Waals surface area contributed by atoms with Crippen LogP contribution in [0, 0.1) is 10.1 Å². The lowest BCUT2D eigenvalue weighted by Gasteiger charge is -2.09. The third kappa shape index (κ3) is 4.25. The van der Waals surface area contributed by atoms with Gasteiger partial charge in [0.1, 0.15) is 12.6 Å². The molecule has 0 aromatic heterocycles. The van der Waals surface area contributed by atoms with Crippen LogP contribution >= 0.6 is 0 Å². The van der Waals surface area contributed by atoms with Gasteiger partial charge in [-0.2, -0.15) is 0 Å². The van der Waals surface area contributed by atoms with Gasteiger partial charge in [-0.05, 0) is 37.1 Å². The van der Waals surface area contributed by atoms with Crippen LogP contribution < -0.4 is 5.32 Å². The van der Waals surface area contributed by atoms with Crippen molar-refractivity contribution < 1.29 is 24.0 Å². The van der Waals surface area contributed by atoms with E-state index >= 15 is 0 Å². The molecule has 112 valence electrons. The Morgan fingerprint density at radius 2 is 2.05 bits per heavy atom. The van der Waals surface area contributed by atoms with Crippen LogP contribution in [0.2, 0.25) is 0 Å². The topological polar surface area (TPSA) is 108 Å². The summed E-state index contributed by atoms with van der Waals surface area (Å²) < 4.78 is 9.33. The predicted molar refractivity (Wildman–Crippen MR) is 70.4 cm³/mol. The highest BCUT2D eigenvalue weighted by Crippen LogP contribution is 2.13. The fraction of sp³-hybridized carbons (Fsp3) is 0.385. The Hall–Kier alpha value is -2.48. The third-order valence-electron chi connectivity index (χ3n) is 3.03. The Balaban J connectivity index is 1.78. The summed E-state index contributed by atoms with van der Waals surface area (Å²) in [5.74, 6) is -0.652. The Bertz CT molecular complexity index is 536. The lowest BCUT2D eigenvalue weighted by Crippen LogP contribution is -2.33. The molecule has 2 rings (SSSR count).